The van der Waals surface area contributed by atoms with Gasteiger partial charge in [-0.2, -0.15) is 10.5 Å². The lowest BCUT2D eigenvalue weighted by Crippen LogP contribution is -2.30. The van der Waals surface area contributed by atoms with Gasteiger partial charge in [-0.05, 0) is 18.1 Å². The van der Waals surface area contributed by atoms with Crippen LogP contribution in [0.15, 0.2) is 41.4 Å². The summed E-state index contributed by atoms with van der Waals surface area (Å²) in [7, 11) is 0. The van der Waals surface area contributed by atoms with E-state index in [1.807, 2.05) is 42.5 Å². The van der Waals surface area contributed by atoms with Gasteiger partial charge in [0, 0.05) is 0 Å². The van der Waals surface area contributed by atoms with Crippen molar-refractivity contribution in [3.05, 3.63) is 53.1 Å². The van der Waals surface area contributed by atoms with Crippen molar-refractivity contribution in [3.8, 4) is 12.1 Å². The minimum absolute atomic E-state index is 0.0419. The number of pyridine rings is 1. The predicted molar refractivity (Wildman–Crippen MR) is 99.8 cm³/mol. The molecule has 2 rings (SSSR count). The molecule has 0 spiro atoms. The number of nitrogen functional groups attached to an aromatic ring is 1. The van der Waals surface area contributed by atoms with Crippen LogP contribution in [-0.2, 0) is 4.79 Å². The molecule has 6 nitrogen and oxygen atoms in total. The van der Waals surface area contributed by atoms with Crippen LogP contribution in [0.5, 0.6) is 0 Å². The number of hydrogen-bond acceptors (Lipinski definition) is 5. The topological polar surface area (TPSA) is 117 Å². The van der Waals surface area contributed by atoms with Crippen molar-refractivity contribution in [3.63, 3.8) is 0 Å². The number of H-pyrrole nitrogens is 1. The van der Waals surface area contributed by atoms with Gasteiger partial charge in [0.05, 0.1) is 11.8 Å². The summed E-state index contributed by atoms with van der Waals surface area (Å²) in [5.41, 5.74) is 7.33. The highest BCUT2D eigenvalue weighted by Crippen LogP contribution is 2.22. The quantitative estimate of drug-likeness (QED) is 0.730. The number of aromatic nitrogens is 1. The molecule has 0 bridgehead atoms. The van der Waals surface area contributed by atoms with Crippen LogP contribution >= 0.6 is 11.8 Å². The number of rotatable bonds is 7. The van der Waals surface area contributed by atoms with Crippen molar-refractivity contribution in [1.29, 1.82) is 10.5 Å². The van der Waals surface area contributed by atoms with E-state index in [2.05, 4.69) is 17.2 Å². The molecule has 0 fully saturated rings. The number of nitrogens with zero attached hydrogens (tertiary/aromatic N) is 2. The Bertz CT molecular complexity index is 855. The van der Waals surface area contributed by atoms with Crippen LogP contribution in [0, 0.1) is 22.7 Å². The molecule has 2 aromatic rings. The van der Waals surface area contributed by atoms with Crippen molar-refractivity contribution in [2.75, 3.05) is 11.5 Å². The number of amides is 1. The van der Waals surface area contributed by atoms with Crippen LogP contribution < -0.4 is 16.0 Å². The number of aromatic amines is 1. The molecule has 132 valence electrons. The zero-order valence-electron chi connectivity index (χ0n) is 14.5. The summed E-state index contributed by atoms with van der Waals surface area (Å²) in [5, 5.41) is 21.7. The largest absolute Gasteiger partial charge is 0.349 e. The number of nitrogens with one attached hydrogen (secondary N) is 2. The van der Waals surface area contributed by atoms with Crippen LogP contribution in [0.25, 0.3) is 0 Å². The van der Waals surface area contributed by atoms with Crippen molar-refractivity contribution < 1.29 is 9.78 Å². The molecule has 0 unspecified atom stereocenters. The van der Waals surface area contributed by atoms with E-state index in [1.165, 1.54) is 17.8 Å². The van der Waals surface area contributed by atoms with Gasteiger partial charge in [-0.3, -0.25) is 10.5 Å². The average molecular weight is 366 g/mol. The third-order valence-corrected chi connectivity index (χ3v) is 4.79. The van der Waals surface area contributed by atoms with Crippen LogP contribution in [0.4, 0.5) is 5.82 Å². The molecule has 1 aromatic heterocycles. The van der Waals surface area contributed by atoms with E-state index in [4.69, 9.17) is 11.0 Å². The Morgan fingerprint density at radius 3 is 2.58 bits per heavy atom. The summed E-state index contributed by atoms with van der Waals surface area (Å²) < 4.78 is 0. The maximum absolute atomic E-state index is 12.4. The van der Waals surface area contributed by atoms with Gasteiger partial charge in [-0.15, -0.1) is 0 Å². The Morgan fingerprint density at radius 1 is 1.27 bits per heavy atom. The molecular weight excluding hydrogens is 346 g/mol. The summed E-state index contributed by atoms with van der Waals surface area (Å²) in [5.74, 6) is 0.198. The first kappa shape index (κ1) is 19.3. The minimum Gasteiger partial charge on any atom is -0.349 e. The summed E-state index contributed by atoms with van der Waals surface area (Å²) in [6, 6.07) is 15.2. The second-order valence-corrected chi connectivity index (χ2v) is 6.66. The molecule has 0 radical (unpaired) electrons. The minimum atomic E-state index is -0.127. The van der Waals surface area contributed by atoms with E-state index >= 15 is 0 Å². The lowest BCUT2D eigenvalue weighted by molar-refractivity contribution is -0.410. The normalized spacial score (nSPS) is 11.2. The number of anilines is 1. The number of nitriles is 2. The first-order valence-electron chi connectivity index (χ1n) is 8.22. The van der Waals surface area contributed by atoms with Crippen molar-refractivity contribution in [2.45, 2.75) is 30.8 Å². The molecule has 1 amide bonds. The van der Waals surface area contributed by atoms with Crippen molar-refractivity contribution in [1.82, 2.24) is 5.32 Å². The number of benzene rings is 1. The third-order valence-electron chi connectivity index (χ3n) is 3.77. The molecule has 7 heteroatoms. The molecule has 1 heterocycles. The van der Waals surface area contributed by atoms with E-state index in [9.17, 15) is 10.1 Å². The first-order chi connectivity index (χ1) is 12.6. The molecule has 1 aromatic carbocycles. The van der Waals surface area contributed by atoms with Gasteiger partial charge in [-0.1, -0.05) is 55.4 Å². The van der Waals surface area contributed by atoms with E-state index in [0.29, 0.717) is 10.6 Å². The van der Waals surface area contributed by atoms with Crippen LogP contribution in [0.3, 0.4) is 0 Å². The number of carbonyl (C=O) groups excluding carboxylic acids is 1. The lowest BCUT2D eigenvalue weighted by atomic mass is 10.0. The van der Waals surface area contributed by atoms with E-state index in [0.717, 1.165) is 18.4 Å². The van der Waals surface area contributed by atoms with Gasteiger partial charge < -0.3 is 5.32 Å². The molecule has 0 aliphatic rings. The van der Waals surface area contributed by atoms with Gasteiger partial charge in [0.25, 0.3) is 5.82 Å². The maximum Gasteiger partial charge on any atom is 0.289 e. The highest BCUT2D eigenvalue weighted by Gasteiger charge is 2.18. The van der Waals surface area contributed by atoms with Crippen molar-refractivity contribution in [2.24, 2.45) is 0 Å². The fourth-order valence-corrected chi connectivity index (χ4v) is 3.30. The Labute approximate surface area is 157 Å². The standard InChI is InChI=1S/C19H19N5OS/c1-2-6-16(13-7-4-3-5-8-13)23-17(25)12-26-19-15(11-21)9-14(10-20)18(22)24-19/h3-5,7-9,16H,2,6,12H2,1H3,(H2,22,24)(H,23,25)/p+1/t16-/m1/s1. The van der Waals surface area contributed by atoms with Crippen molar-refractivity contribution >= 4 is 23.5 Å². The average Bonchev–Trinajstić information content (AvgIpc) is 2.66. The van der Waals surface area contributed by atoms with Crippen LogP contribution in [0.1, 0.15) is 42.5 Å². The predicted octanol–water partition coefficient (Wildman–Crippen LogP) is 2.58. The first-order valence-corrected chi connectivity index (χ1v) is 9.20. The van der Waals surface area contributed by atoms with Gasteiger partial charge in [-0.25, -0.2) is 4.98 Å². The Hall–Kier alpha value is -3.03. The van der Waals surface area contributed by atoms with E-state index in [1.54, 1.807) is 0 Å². The molecule has 1 atom stereocenters. The molecule has 0 aliphatic carbocycles. The van der Waals surface area contributed by atoms with Crippen LogP contribution in [-0.4, -0.2) is 11.7 Å². The fourth-order valence-electron chi connectivity index (χ4n) is 2.50. The molecule has 0 aliphatic heterocycles. The third kappa shape index (κ3) is 4.98. The zero-order valence-corrected chi connectivity index (χ0v) is 15.3. The molecule has 0 saturated heterocycles. The fraction of sp³-hybridized carbons (Fsp3) is 0.263. The summed E-state index contributed by atoms with van der Waals surface area (Å²) >= 11 is 1.19. The second kappa shape index (κ2) is 9.45. The molecule has 26 heavy (non-hydrogen) atoms. The van der Waals surface area contributed by atoms with Gasteiger partial charge in [0.15, 0.2) is 5.03 Å². The Kier molecular flexibility index (Phi) is 7.02. The number of nitrogens with two attached hydrogens (primary N) is 1. The lowest BCUT2D eigenvalue weighted by Gasteiger charge is -2.18. The van der Waals surface area contributed by atoms with E-state index in [-0.39, 0.29) is 29.1 Å². The Balaban J connectivity index is 2.05. The number of carbonyl (C=O) groups is 1. The SMILES string of the molecule is CCC[C@@H](NC(=O)CSc1[nH+]c(N)c(C#N)cc1C#N)c1ccccc1. The summed E-state index contributed by atoms with van der Waals surface area (Å²) in [4.78, 5) is 15.2. The monoisotopic (exact) mass is 366 g/mol. The molecule has 4 N–H and O–H groups in total. The number of thioether (sulfide) groups is 1. The second-order valence-electron chi connectivity index (χ2n) is 5.67. The van der Waals surface area contributed by atoms with Gasteiger partial charge in [0.1, 0.15) is 23.3 Å². The highest BCUT2D eigenvalue weighted by molar-refractivity contribution is 7.99. The molecular formula is C19H20N5OS+. The summed E-state index contributed by atoms with van der Waals surface area (Å²) in [6.07, 6.45) is 1.80. The van der Waals surface area contributed by atoms with Gasteiger partial charge in [0.2, 0.25) is 5.91 Å². The number of hydrogen-bond donors (Lipinski definition) is 2. The van der Waals surface area contributed by atoms with Crippen LogP contribution in [0.2, 0.25) is 0 Å². The zero-order chi connectivity index (χ0) is 18.9. The smallest absolute Gasteiger partial charge is 0.289 e. The molecule has 0 saturated carbocycles. The van der Waals surface area contributed by atoms with E-state index < -0.39 is 0 Å². The maximum atomic E-state index is 12.4. The Morgan fingerprint density at radius 2 is 1.96 bits per heavy atom. The highest BCUT2D eigenvalue weighted by atomic mass is 32.2. The summed E-state index contributed by atoms with van der Waals surface area (Å²) in [6.45, 7) is 2.07. The van der Waals surface area contributed by atoms with Gasteiger partial charge >= 0.3 is 0 Å².